The first-order valence-electron chi connectivity index (χ1n) is 8.62. The molecule has 0 spiro atoms. The first-order valence-corrected chi connectivity index (χ1v) is 8.62. The van der Waals surface area contributed by atoms with Gasteiger partial charge in [-0.05, 0) is 18.4 Å². The van der Waals surface area contributed by atoms with Crippen molar-refractivity contribution in [1.29, 1.82) is 0 Å². The SMILES string of the molecule is CCC(=O)N[C@H]1CN[C@H](C(F)F)[C@@H](CCC(O)c2ccccc2)[C@@H]1F. The van der Waals surface area contributed by atoms with Crippen LogP contribution in [0.2, 0.25) is 0 Å². The fourth-order valence-corrected chi connectivity index (χ4v) is 3.27. The predicted molar refractivity (Wildman–Crippen MR) is 89.0 cm³/mol. The molecule has 0 aromatic heterocycles. The Kier molecular flexibility index (Phi) is 7.25. The number of alkyl halides is 3. The van der Waals surface area contributed by atoms with Crippen molar-refractivity contribution in [3.8, 4) is 0 Å². The van der Waals surface area contributed by atoms with E-state index in [-0.39, 0.29) is 31.7 Å². The molecule has 140 valence electrons. The quantitative estimate of drug-likeness (QED) is 0.702. The summed E-state index contributed by atoms with van der Waals surface area (Å²) in [6, 6.07) is 6.73. The summed E-state index contributed by atoms with van der Waals surface area (Å²) in [4.78, 5) is 11.5. The van der Waals surface area contributed by atoms with Crippen molar-refractivity contribution in [2.24, 2.45) is 5.92 Å². The molecule has 1 aromatic rings. The maximum Gasteiger partial charge on any atom is 0.254 e. The average Bonchev–Trinajstić information content (AvgIpc) is 2.62. The molecular weight excluding hydrogens is 333 g/mol. The number of hydrogen-bond donors (Lipinski definition) is 3. The van der Waals surface area contributed by atoms with Crippen molar-refractivity contribution < 1.29 is 23.1 Å². The smallest absolute Gasteiger partial charge is 0.254 e. The second-order valence-corrected chi connectivity index (χ2v) is 6.41. The van der Waals surface area contributed by atoms with Crippen LogP contribution in [0.4, 0.5) is 13.2 Å². The van der Waals surface area contributed by atoms with Crippen molar-refractivity contribution in [3.05, 3.63) is 35.9 Å². The molecule has 1 aromatic carbocycles. The highest BCUT2D eigenvalue weighted by molar-refractivity contribution is 5.75. The van der Waals surface area contributed by atoms with Crippen molar-refractivity contribution in [2.75, 3.05) is 6.54 Å². The van der Waals surface area contributed by atoms with Crippen molar-refractivity contribution in [3.63, 3.8) is 0 Å². The van der Waals surface area contributed by atoms with E-state index >= 15 is 0 Å². The van der Waals surface area contributed by atoms with E-state index in [0.717, 1.165) is 0 Å². The maximum atomic E-state index is 14.8. The van der Waals surface area contributed by atoms with Gasteiger partial charge in [-0.2, -0.15) is 0 Å². The van der Waals surface area contributed by atoms with Gasteiger partial charge < -0.3 is 15.7 Å². The number of nitrogens with one attached hydrogen (secondary N) is 2. The highest BCUT2D eigenvalue weighted by Gasteiger charge is 2.43. The number of halogens is 3. The van der Waals surface area contributed by atoms with Crippen LogP contribution in [0.3, 0.4) is 0 Å². The number of aliphatic hydroxyl groups is 1. The van der Waals surface area contributed by atoms with E-state index in [1.165, 1.54) is 0 Å². The topological polar surface area (TPSA) is 61.4 Å². The normalized spacial score (nSPS) is 27.9. The van der Waals surface area contributed by atoms with Crippen LogP contribution in [0.1, 0.15) is 37.9 Å². The van der Waals surface area contributed by atoms with Gasteiger partial charge >= 0.3 is 0 Å². The lowest BCUT2D eigenvalue weighted by Gasteiger charge is -2.40. The van der Waals surface area contributed by atoms with Crippen LogP contribution in [-0.2, 0) is 4.79 Å². The fourth-order valence-electron chi connectivity index (χ4n) is 3.27. The molecule has 1 unspecified atom stereocenters. The zero-order chi connectivity index (χ0) is 18.4. The van der Waals surface area contributed by atoms with E-state index in [1.807, 2.05) is 6.07 Å². The lowest BCUT2D eigenvalue weighted by Crippen LogP contribution is -2.62. The average molecular weight is 358 g/mol. The number of aliphatic hydroxyl groups excluding tert-OH is 1. The zero-order valence-electron chi connectivity index (χ0n) is 14.2. The Balaban J connectivity index is 2.02. The maximum absolute atomic E-state index is 14.8. The van der Waals surface area contributed by atoms with Gasteiger partial charge in [0, 0.05) is 18.9 Å². The number of amides is 1. The Morgan fingerprint density at radius 1 is 1.36 bits per heavy atom. The molecule has 1 fully saturated rings. The van der Waals surface area contributed by atoms with Gasteiger partial charge in [-0.15, -0.1) is 0 Å². The van der Waals surface area contributed by atoms with Gasteiger partial charge in [0.2, 0.25) is 5.91 Å². The Labute approximate surface area is 145 Å². The van der Waals surface area contributed by atoms with Crippen LogP contribution in [0.5, 0.6) is 0 Å². The standard InChI is InChI=1S/C18H25F3N2O2/c1-2-15(25)23-13-10-22-17(18(20)21)12(16(13)19)8-9-14(24)11-6-4-3-5-7-11/h3-7,12-14,16-18,22,24H,2,8-10H2,1H3,(H,23,25)/t12-,13-,14?,16-,17-/m0/s1. The molecule has 0 saturated carbocycles. The van der Waals surface area contributed by atoms with Gasteiger partial charge in [0.05, 0.1) is 18.2 Å². The second kappa shape index (κ2) is 9.20. The monoisotopic (exact) mass is 358 g/mol. The lowest BCUT2D eigenvalue weighted by atomic mass is 9.82. The van der Waals surface area contributed by atoms with Crippen LogP contribution in [-0.4, -0.2) is 42.2 Å². The Morgan fingerprint density at radius 3 is 2.64 bits per heavy atom. The summed E-state index contributed by atoms with van der Waals surface area (Å²) in [7, 11) is 0. The van der Waals surface area contributed by atoms with Crippen LogP contribution >= 0.6 is 0 Å². The predicted octanol–water partition coefficient (Wildman–Crippen LogP) is 2.59. The van der Waals surface area contributed by atoms with E-state index in [2.05, 4.69) is 10.6 Å². The van der Waals surface area contributed by atoms with E-state index in [0.29, 0.717) is 5.56 Å². The molecule has 1 saturated heterocycles. The third-order valence-corrected chi connectivity index (χ3v) is 4.72. The largest absolute Gasteiger partial charge is 0.388 e. The summed E-state index contributed by atoms with van der Waals surface area (Å²) < 4.78 is 41.3. The van der Waals surface area contributed by atoms with Gasteiger partial charge in [0.25, 0.3) is 6.43 Å². The highest BCUT2D eigenvalue weighted by Crippen LogP contribution is 2.31. The molecule has 1 aliphatic rings. The summed E-state index contributed by atoms with van der Waals surface area (Å²) in [5, 5.41) is 15.4. The van der Waals surface area contributed by atoms with Crippen molar-refractivity contribution in [2.45, 2.75) is 57.0 Å². The minimum absolute atomic E-state index is 0.0281. The lowest BCUT2D eigenvalue weighted by molar-refractivity contribution is -0.122. The van der Waals surface area contributed by atoms with E-state index < -0.39 is 36.7 Å². The molecule has 2 rings (SSSR count). The summed E-state index contributed by atoms with van der Waals surface area (Å²) in [5.74, 6) is -1.29. The molecule has 0 bridgehead atoms. The van der Waals surface area contributed by atoms with E-state index in [1.54, 1.807) is 31.2 Å². The first-order chi connectivity index (χ1) is 11.9. The molecule has 7 heteroatoms. The highest BCUT2D eigenvalue weighted by atomic mass is 19.3. The summed E-state index contributed by atoms with van der Waals surface area (Å²) in [5.41, 5.74) is 0.672. The third kappa shape index (κ3) is 5.19. The number of carbonyl (C=O) groups excluding carboxylic acids is 1. The summed E-state index contributed by atoms with van der Waals surface area (Å²) in [6.07, 6.45) is -4.65. The van der Waals surface area contributed by atoms with Gasteiger partial charge in [0.1, 0.15) is 6.17 Å². The molecule has 1 aliphatic heterocycles. The molecule has 3 N–H and O–H groups in total. The summed E-state index contributed by atoms with van der Waals surface area (Å²) in [6.45, 7) is 1.62. The molecule has 1 heterocycles. The zero-order valence-corrected chi connectivity index (χ0v) is 14.2. The summed E-state index contributed by atoms with van der Waals surface area (Å²) >= 11 is 0. The number of piperidine rings is 1. The second-order valence-electron chi connectivity index (χ2n) is 6.41. The molecule has 0 aliphatic carbocycles. The minimum Gasteiger partial charge on any atom is -0.388 e. The van der Waals surface area contributed by atoms with E-state index in [4.69, 9.17) is 0 Å². The number of rotatable bonds is 7. The Hall–Kier alpha value is -1.60. The van der Waals surface area contributed by atoms with E-state index in [9.17, 15) is 23.1 Å². The number of benzene rings is 1. The molecule has 25 heavy (non-hydrogen) atoms. The van der Waals surface area contributed by atoms with Crippen LogP contribution in [0, 0.1) is 5.92 Å². The Bertz CT molecular complexity index is 544. The van der Waals surface area contributed by atoms with Crippen LogP contribution in [0.25, 0.3) is 0 Å². The third-order valence-electron chi connectivity index (χ3n) is 4.72. The molecule has 0 radical (unpaired) electrons. The van der Waals surface area contributed by atoms with Gasteiger partial charge in [-0.25, -0.2) is 13.2 Å². The molecule has 4 nitrogen and oxygen atoms in total. The van der Waals surface area contributed by atoms with Crippen LogP contribution < -0.4 is 10.6 Å². The van der Waals surface area contributed by atoms with Crippen molar-refractivity contribution >= 4 is 5.91 Å². The first kappa shape index (κ1) is 19.7. The van der Waals surface area contributed by atoms with Crippen LogP contribution in [0.15, 0.2) is 30.3 Å². The molecular formula is C18H25F3N2O2. The van der Waals surface area contributed by atoms with Gasteiger partial charge in [-0.3, -0.25) is 4.79 Å². The number of carbonyl (C=O) groups is 1. The molecule has 5 atom stereocenters. The molecule has 1 amide bonds. The van der Waals surface area contributed by atoms with Gasteiger partial charge in [-0.1, -0.05) is 37.3 Å². The van der Waals surface area contributed by atoms with Crippen molar-refractivity contribution in [1.82, 2.24) is 10.6 Å². The minimum atomic E-state index is -2.71. The fraction of sp³-hybridized carbons (Fsp3) is 0.611. The van der Waals surface area contributed by atoms with Gasteiger partial charge in [0.15, 0.2) is 0 Å². The Morgan fingerprint density at radius 2 is 2.04 bits per heavy atom. The number of hydrogen-bond acceptors (Lipinski definition) is 3.